The third kappa shape index (κ3) is 3.14. The van der Waals surface area contributed by atoms with Gasteiger partial charge in [-0.1, -0.05) is 35.9 Å². The number of halogens is 4. The SMILES string of the molecule is NCCc1cc(Cl)ccc1-c1ccccc1C(F)(F)F. The Hall–Kier alpha value is -1.52. The molecule has 0 spiro atoms. The summed E-state index contributed by atoms with van der Waals surface area (Å²) in [6.45, 7) is 0.349. The second-order valence-corrected chi connectivity index (χ2v) is 4.82. The van der Waals surface area contributed by atoms with Crippen LogP contribution in [0.1, 0.15) is 11.1 Å². The van der Waals surface area contributed by atoms with E-state index in [1.165, 1.54) is 12.1 Å². The van der Waals surface area contributed by atoms with Crippen LogP contribution >= 0.6 is 11.6 Å². The van der Waals surface area contributed by atoms with E-state index in [1.54, 1.807) is 24.3 Å². The van der Waals surface area contributed by atoms with Crippen LogP contribution in [0.3, 0.4) is 0 Å². The summed E-state index contributed by atoms with van der Waals surface area (Å²) in [5, 5.41) is 0.488. The summed E-state index contributed by atoms with van der Waals surface area (Å²) in [7, 11) is 0. The monoisotopic (exact) mass is 299 g/mol. The summed E-state index contributed by atoms with van der Waals surface area (Å²) < 4.78 is 39.2. The van der Waals surface area contributed by atoms with Crippen LogP contribution in [-0.2, 0) is 12.6 Å². The van der Waals surface area contributed by atoms with E-state index in [-0.39, 0.29) is 5.56 Å². The fourth-order valence-electron chi connectivity index (χ4n) is 2.15. The van der Waals surface area contributed by atoms with Gasteiger partial charge in [-0.3, -0.25) is 0 Å². The molecule has 5 heteroatoms. The number of benzene rings is 2. The molecule has 0 heterocycles. The van der Waals surface area contributed by atoms with Crippen molar-refractivity contribution in [2.24, 2.45) is 5.73 Å². The maximum atomic E-state index is 13.1. The van der Waals surface area contributed by atoms with E-state index in [1.807, 2.05) is 0 Å². The van der Waals surface area contributed by atoms with Crippen molar-refractivity contribution in [3.63, 3.8) is 0 Å². The average Bonchev–Trinajstić information content (AvgIpc) is 2.38. The van der Waals surface area contributed by atoms with Crippen molar-refractivity contribution in [3.05, 3.63) is 58.6 Å². The lowest BCUT2D eigenvalue weighted by molar-refractivity contribution is -0.137. The van der Waals surface area contributed by atoms with Crippen LogP contribution in [0.5, 0.6) is 0 Å². The second-order valence-electron chi connectivity index (χ2n) is 4.38. The Bertz CT molecular complexity index is 608. The van der Waals surface area contributed by atoms with E-state index in [0.29, 0.717) is 23.6 Å². The molecule has 0 saturated carbocycles. The van der Waals surface area contributed by atoms with E-state index in [4.69, 9.17) is 17.3 Å². The molecule has 0 aliphatic rings. The van der Waals surface area contributed by atoms with Crippen LogP contribution in [0, 0.1) is 0 Å². The number of hydrogen-bond donors (Lipinski definition) is 1. The van der Waals surface area contributed by atoms with Gasteiger partial charge >= 0.3 is 6.18 Å². The first-order valence-electron chi connectivity index (χ1n) is 6.08. The highest BCUT2D eigenvalue weighted by atomic mass is 35.5. The zero-order valence-corrected chi connectivity index (χ0v) is 11.3. The predicted octanol–water partition coefficient (Wildman–Crippen LogP) is 4.53. The Balaban J connectivity index is 2.63. The van der Waals surface area contributed by atoms with Crippen LogP contribution in [0.25, 0.3) is 11.1 Å². The summed E-state index contributed by atoms with van der Waals surface area (Å²) in [6.07, 6.45) is -3.92. The topological polar surface area (TPSA) is 26.0 Å². The molecule has 2 rings (SSSR count). The van der Waals surface area contributed by atoms with Crippen molar-refractivity contribution < 1.29 is 13.2 Å². The van der Waals surface area contributed by atoms with Crippen LogP contribution in [0.4, 0.5) is 13.2 Å². The molecule has 0 bridgehead atoms. The Morgan fingerprint density at radius 1 is 1.00 bits per heavy atom. The van der Waals surface area contributed by atoms with Gasteiger partial charge in [0.25, 0.3) is 0 Å². The first-order valence-corrected chi connectivity index (χ1v) is 6.46. The first kappa shape index (κ1) is 14.9. The Kier molecular flexibility index (Phi) is 4.35. The molecule has 0 radical (unpaired) electrons. The minimum absolute atomic E-state index is 0.153. The normalized spacial score (nSPS) is 11.7. The Morgan fingerprint density at radius 3 is 2.35 bits per heavy atom. The van der Waals surface area contributed by atoms with Crippen molar-refractivity contribution >= 4 is 11.6 Å². The maximum Gasteiger partial charge on any atom is 0.417 e. The van der Waals surface area contributed by atoms with Gasteiger partial charge in [-0.05, 0) is 47.9 Å². The average molecular weight is 300 g/mol. The van der Waals surface area contributed by atoms with Crippen molar-refractivity contribution in [1.29, 1.82) is 0 Å². The molecule has 0 aliphatic heterocycles. The highest BCUT2D eigenvalue weighted by molar-refractivity contribution is 6.30. The quantitative estimate of drug-likeness (QED) is 0.885. The van der Waals surface area contributed by atoms with Gasteiger partial charge in [0.05, 0.1) is 5.56 Å². The molecule has 0 amide bonds. The van der Waals surface area contributed by atoms with Gasteiger partial charge in [-0.2, -0.15) is 13.2 Å². The fourth-order valence-corrected chi connectivity index (χ4v) is 2.35. The van der Waals surface area contributed by atoms with E-state index < -0.39 is 11.7 Å². The summed E-state index contributed by atoms with van der Waals surface area (Å²) >= 11 is 5.91. The summed E-state index contributed by atoms with van der Waals surface area (Å²) in [5.41, 5.74) is 6.26. The molecule has 0 saturated heterocycles. The number of hydrogen-bond acceptors (Lipinski definition) is 1. The molecule has 1 nitrogen and oxygen atoms in total. The van der Waals surface area contributed by atoms with Gasteiger partial charge < -0.3 is 5.73 Å². The van der Waals surface area contributed by atoms with E-state index >= 15 is 0 Å². The third-order valence-corrected chi connectivity index (χ3v) is 3.24. The van der Waals surface area contributed by atoms with Crippen molar-refractivity contribution in [3.8, 4) is 11.1 Å². The molecule has 20 heavy (non-hydrogen) atoms. The summed E-state index contributed by atoms with van der Waals surface area (Å²) in [5.74, 6) is 0. The molecular formula is C15H13ClF3N. The standard InChI is InChI=1S/C15H13ClF3N/c16-11-5-6-12(10(9-11)7-8-20)13-3-1-2-4-14(13)15(17,18)19/h1-6,9H,7-8,20H2. The van der Waals surface area contributed by atoms with Gasteiger partial charge in [0.15, 0.2) is 0 Å². The maximum absolute atomic E-state index is 13.1. The van der Waals surface area contributed by atoms with Crippen LogP contribution < -0.4 is 5.73 Å². The lowest BCUT2D eigenvalue weighted by atomic mass is 9.94. The number of rotatable bonds is 3. The fraction of sp³-hybridized carbons (Fsp3) is 0.200. The lowest BCUT2D eigenvalue weighted by Gasteiger charge is -2.16. The van der Waals surface area contributed by atoms with Crippen molar-refractivity contribution in [2.45, 2.75) is 12.6 Å². The van der Waals surface area contributed by atoms with Crippen LogP contribution in [0.2, 0.25) is 5.02 Å². The summed E-state index contributed by atoms with van der Waals surface area (Å²) in [4.78, 5) is 0. The van der Waals surface area contributed by atoms with Gasteiger partial charge in [-0.25, -0.2) is 0 Å². The molecule has 0 atom stereocenters. The third-order valence-electron chi connectivity index (χ3n) is 3.00. The zero-order chi connectivity index (χ0) is 14.8. The Labute approximate surface area is 120 Å². The minimum atomic E-state index is -4.39. The Morgan fingerprint density at radius 2 is 1.70 bits per heavy atom. The molecule has 0 unspecified atom stereocenters. The van der Waals surface area contributed by atoms with Crippen molar-refractivity contribution in [2.75, 3.05) is 6.54 Å². The lowest BCUT2D eigenvalue weighted by Crippen LogP contribution is -2.09. The van der Waals surface area contributed by atoms with Gasteiger partial charge in [0, 0.05) is 5.02 Å². The highest BCUT2D eigenvalue weighted by Gasteiger charge is 2.33. The van der Waals surface area contributed by atoms with Gasteiger partial charge in [0.2, 0.25) is 0 Å². The predicted molar refractivity (Wildman–Crippen MR) is 74.6 cm³/mol. The van der Waals surface area contributed by atoms with Gasteiger partial charge in [-0.15, -0.1) is 0 Å². The highest BCUT2D eigenvalue weighted by Crippen LogP contribution is 2.38. The molecule has 0 aliphatic carbocycles. The van der Waals surface area contributed by atoms with Crippen molar-refractivity contribution in [1.82, 2.24) is 0 Å². The van der Waals surface area contributed by atoms with Crippen LogP contribution in [-0.4, -0.2) is 6.54 Å². The molecular weight excluding hydrogens is 287 g/mol. The largest absolute Gasteiger partial charge is 0.417 e. The molecule has 2 aromatic carbocycles. The first-order chi connectivity index (χ1) is 9.43. The second kappa shape index (κ2) is 5.85. The van der Waals surface area contributed by atoms with E-state index in [0.717, 1.165) is 11.6 Å². The van der Waals surface area contributed by atoms with E-state index in [2.05, 4.69) is 0 Å². The van der Waals surface area contributed by atoms with Gasteiger partial charge in [0.1, 0.15) is 0 Å². The number of nitrogens with two attached hydrogens (primary N) is 1. The molecule has 0 aromatic heterocycles. The van der Waals surface area contributed by atoms with E-state index in [9.17, 15) is 13.2 Å². The smallest absolute Gasteiger partial charge is 0.330 e. The number of alkyl halides is 3. The molecule has 106 valence electrons. The molecule has 0 fully saturated rings. The zero-order valence-electron chi connectivity index (χ0n) is 10.5. The minimum Gasteiger partial charge on any atom is -0.330 e. The molecule has 2 N–H and O–H groups in total. The summed E-state index contributed by atoms with van der Waals surface area (Å²) in [6, 6.07) is 10.4. The molecule has 2 aromatic rings. The van der Waals surface area contributed by atoms with Crippen LogP contribution in [0.15, 0.2) is 42.5 Å².